The Hall–Kier alpha value is -2.70. The first-order valence-electron chi connectivity index (χ1n) is 9.75. The molecule has 3 aromatic rings. The molecule has 1 amide bonds. The van der Waals surface area contributed by atoms with Crippen LogP contribution in [0.5, 0.6) is 0 Å². The molecule has 0 aliphatic carbocycles. The highest BCUT2D eigenvalue weighted by molar-refractivity contribution is 6.30. The second-order valence-electron chi connectivity index (χ2n) is 7.42. The molecule has 4 rings (SSSR count). The Morgan fingerprint density at radius 1 is 1.14 bits per heavy atom. The number of aromatic nitrogens is 2. The molecule has 1 fully saturated rings. The van der Waals surface area contributed by atoms with Crippen LogP contribution in [0, 0.1) is 12.8 Å². The van der Waals surface area contributed by atoms with Gasteiger partial charge in [0.05, 0.1) is 6.54 Å². The topological polar surface area (TPSA) is 71.3 Å². The maximum atomic E-state index is 12.5. The molecule has 0 radical (unpaired) electrons. The van der Waals surface area contributed by atoms with E-state index in [0.717, 1.165) is 37.2 Å². The van der Waals surface area contributed by atoms with Gasteiger partial charge in [0, 0.05) is 22.2 Å². The smallest absolute Gasteiger partial charge is 0.241 e. The van der Waals surface area contributed by atoms with E-state index in [9.17, 15) is 4.79 Å². The lowest BCUT2D eigenvalue weighted by molar-refractivity contribution is -0.121. The third-order valence-corrected chi connectivity index (χ3v) is 5.46. The number of hydrogen-bond acceptors (Lipinski definition) is 5. The molecule has 2 aromatic carbocycles. The van der Waals surface area contributed by atoms with Gasteiger partial charge in [-0.1, -0.05) is 46.6 Å². The number of nitrogens with one attached hydrogen (secondary N) is 1. The Morgan fingerprint density at radius 3 is 2.52 bits per heavy atom. The van der Waals surface area contributed by atoms with Crippen LogP contribution in [-0.2, 0) is 11.3 Å². The summed E-state index contributed by atoms with van der Waals surface area (Å²) in [5, 5.41) is 7.72. The molecule has 7 heteroatoms. The molecule has 1 saturated heterocycles. The van der Waals surface area contributed by atoms with Crippen LogP contribution in [0.3, 0.4) is 0 Å². The number of anilines is 1. The second-order valence-corrected chi connectivity index (χ2v) is 7.86. The van der Waals surface area contributed by atoms with E-state index in [-0.39, 0.29) is 11.8 Å². The molecule has 0 bridgehead atoms. The Bertz CT molecular complexity index is 961. The van der Waals surface area contributed by atoms with Gasteiger partial charge in [-0.2, -0.15) is 4.98 Å². The van der Waals surface area contributed by atoms with Crippen molar-refractivity contribution >= 4 is 23.2 Å². The quantitative estimate of drug-likeness (QED) is 0.668. The van der Waals surface area contributed by atoms with Crippen molar-refractivity contribution in [3.05, 3.63) is 65.0 Å². The number of carbonyl (C=O) groups is 1. The zero-order chi connectivity index (χ0) is 20.2. The van der Waals surface area contributed by atoms with E-state index in [2.05, 4.69) is 20.4 Å². The van der Waals surface area contributed by atoms with Gasteiger partial charge >= 0.3 is 0 Å². The molecular weight excluding hydrogens is 388 g/mol. The Labute approximate surface area is 174 Å². The van der Waals surface area contributed by atoms with Crippen molar-refractivity contribution in [1.29, 1.82) is 0 Å². The first-order chi connectivity index (χ1) is 14.1. The Kier molecular flexibility index (Phi) is 5.92. The highest BCUT2D eigenvalue weighted by atomic mass is 35.5. The van der Waals surface area contributed by atoms with Crippen molar-refractivity contribution in [2.45, 2.75) is 26.3 Å². The van der Waals surface area contributed by atoms with Gasteiger partial charge in [0.15, 0.2) is 0 Å². The summed E-state index contributed by atoms with van der Waals surface area (Å²) in [5.74, 6) is 1.28. The molecule has 0 unspecified atom stereocenters. The number of halogens is 1. The van der Waals surface area contributed by atoms with Crippen LogP contribution in [0.2, 0.25) is 5.02 Å². The molecule has 0 spiro atoms. The average Bonchev–Trinajstić information content (AvgIpc) is 3.19. The number of benzene rings is 2. The van der Waals surface area contributed by atoms with Gasteiger partial charge in [0.25, 0.3) is 0 Å². The zero-order valence-electron chi connectivity index (χ0n) is 16.3. The van der Waals surface area contributed by atoms with Crippen LogP contribution < -0.4 is 5.32 Å². The monoisotopic (exact) mass is 410 g/mol. The summed E-state index contributed by atoms with van der Waals surface area (Å²) in [6.07, 6.45) is 1.61. The predicted octanol–water partition coefficient (Wildman–Crippen LogP) is 4.55. The molecule has 0 saturated carbocycles. The van der Waals surface area contributed by atoms with E-state index in [0.29, 0.717) is 23.3 Å². The normalized spacial score (nSPS) is 15.4. The van der Waals surface area contributed by atoms with E-state index >= 15 is 0 Å². The first-order valence-corrected chi connectivity index (χ1v) is 10.1. The highest BCUT2D eigenvalue weighted by Gasteiger charge is 2.26. The molecule has 150 valence electrons. The van der Waals surface area contributed by atoms with Gasteiger partial charge < -0.3 is 9.84 Å². The van der Waals surface area contributed by atoms with Gasteiger partial charge in [-0.05, 0) is 57.1 Å². The number of nitrogens with zero attached hydrogens (tertiary/aromatic N) is 3. The summed E-state index contributed by atoms with van der Waals surface area (Å²) in [6, 6.07) is 15.2. The predicted molar refractivity (Wildman–Crippen MR) is 113 cm³/mol. The van der Waals surface area contributed by atoms with E-state index in [1.165, 1.54) is 5.56 Å². The summed E-state index contributed by atoms with van der Waals surface area (Å²) >= 11 is 5.89. The highest BCUT2D eigenvalue weighted by Crippen LogP contribution is 2.22. The molecule has 0 atom stereocenters. The van der Waals surface area contributed by atoms with Crippen molar-refractivity contribution in [2.75, 3.05) is 18.4 Å². The Morgan fingerprint density at radius 2 is 1.83 bits per heavy atom. The summed E-state index contributed by atoms with van der Waals surface area (Å²) in [5.41, 5.74) is 2.92. The lowest BCUT2D eigenvalue weighted by Gasteiger charge is -2.30. The third kappa shape index (κ3) is 5.02. The lowest BCUT2D eigenvalue weighted by atomic mass is 9.96. The fraction of sp³-hybridized carbons (Fsp3) is 0.318. The SMILES string of the molecule is Cc1ccc(-c2noc(CN3CCC(C(=O)Nc4ccc(Cl)cc4)CC3)n2)cc1. The number of amides is 1. The maximum Gasteiger partial charge on any atom is 0.241 e. The van der Waals surface area contributed by atoms with E-state index in [1.807, 2.05) is 43.3 Å². The molecule has 6 nitrogen and oxygen atoms in total. The molecule has 1 aromatic heterocycles. The van der Waals surface area contributed by atoms with Crippen LogP contribution in [0.15, 0.2) is 53.1 Å². The fourth-order valence-electron chi connectivity index (χ4n) is 3.46. The van der Waals surface area contributed by atoms with Crippen molar-refractivity contribution in [3.63, 3.8) is 0 Å². The molecular formula is C22H23ClN4O2. The number of rotatable bonds is 5. The number of hydrogen-bond donors (Lipinski definition) is 1. The van der Waals surface area contributed by atoms with Crippen LogP contribution in [-0.4, -0.2) is 34.0 Å². The number of piperidine rings is 1. The number of likely N-dealkylation sites (tertiary alicyclic amines) is 1. The average molecular weight is 411 g/mol. The summed E-state index contributed by atoms with van der Waals surface area (Å²) in [6.45, 7) is 4.29. The van der Waals surface area contributed by atoms with Crippen LogP contribution in [0.1, 0.15) is 24.3 Å². The second kappa shape index (κ2) is 8.76. The number of carbonyl (C=O) groups excluding carboxylic acids is 1. The third-order valence-electron chi connectivity index (χ3n) is 5.21. The van der Waals surface area contributed by atoms with E-state index < -0.39 is 0 Å². The van der Waals surface area contributed by atoms with Crippen molar-refractivity contribution in [2.24, 2.45) is 5.92 Å². The van der Waals surface area contributed by atoms with Gasteiger partial charge in [-0.15, -0.1) is 0 Å². The molecule has 29 heavy (non-hydrogen) atoms. The number of aryl methyl sites for hydroxylation is 1. The Balaban J connectivity index is 1.28. The summed E-state index contributed by atoms with van der Waals surface area (Å²) in [7, 11) is 0. The van der Waals surface area contributed by atoms with Crippen LogP contribution >= 0.6 is 11.6 Å². The van der Waals surface area contributed by atoms with Crippen LogP contribution in [0.25, 0.3) is 11.4 Å². The first kappa shape index (κ1) is 19.6. The minimum absolute atomic E-state index is 0.00716. The lowest BCUT2D eigenvalue weighted by Crippen LogP contribution is -2.37. The molecule has 1 N–H and O–H groups in total. The minimum Gasteiger partial charge on any atom is -0.338 e. The van der Waals surface area contributed by atoms with Gasteiger partial charge in [-0.3, -0.25) is 9.69 Å². The van der Waals surface area contributed by atoms with Gasteiger partial charge in [0.2, 0.25) is 17.6 Å². The van der Waals surface area contributed by atoms with Gasteiger partial charge in [0.1, 0.15) is 0 Å². The zero-order valence-corrected chi connectivity index (χ0v) is 17.0. The van der Waals surface area contributed by atoms with E-state index in [4.69, 9.17) is 16.1 Å². The minimum atomic E-state index is 0.00716. The fourth-order valence-corrected chi connectivity index (χ4v) is 3.59. The molecule has 2 heterocycles. The standard InChI is InChI=1S/C22H23ClN4O2/c1-15-2-4-16(5-3-15)21-25-20(29-26-21)14-27-12-10-17(11-13-27)22(28)24-19-8-6-18(23)7-9-19/h2-9,17H,10-14H2,1H3,(H,24,28). The van der Waals surface area contributed by atoms with E-state index in [1.54, 1.807) is 12.1 Å². The van der Waals surface area contributed by atoms with Gasteiger partial charge in [-0.25, -0.2) is 0 Å². The molecule has 1 aliphatic rings. The van der Waals surface area contributed by atoms with Crippen molar-refractivity contribution in [1.82, 2.24) is 15.0 Å². The summed E-state index contributed by atoms with van der Waals surface area (Å²) < 4.78 is 5.42. The summed E-state index contributed by atoms with van der Waals surface area (Å²) in [4.78, 5) is 19.3. The van der Waals surface area contributed by atoms with Crippen molar-refractivity contribution < 1.29 is 9.32 Å². The van der Waals surface area contributed by atoms with Crippen LogP contribution in [0.4, 0.5) is 5.69 Å². The largest absolute Gasteiger partial charge is 0.338 e. The maximum absolute atomic E-state index is 12.5. The van der Waals surface area contributed by atoms with Crippen molar-refractivity contribution in [3.8, 4) is 11.4 Å². The molecule has 1 aliphatic heterocycles.